The molecule has 1 aromatic heterocycles. The van der Waals surface area contributed by atoms with Crippen molar-refractivity contribution in [2.75, 3.05) is 36.0 Å². The number of carboxylic acids is 1. The van der Waals surface area contributed by atoms with Crippen LogP contribution in [0.4, 0.5) is 17.2 Å². The Morgan fingerprint density at radius 1 is 1.04 bits per heavy atom. The summed E-state index contributed by atoms with van der Waals surface area (Å²) in [4.78, 5) is 29.5. The van der Waals surface area contributed by atoms with Gasteiger partial charge in [-0.25, -0.2) is 9.78 Å². The van der Waals surface area contributed by atoms with Crippen molar-refractivity contribution < 1.29 is 14.8 Å². The molecular formula is C16H16N4O4. The van der Waals surface area contributed by atoms with Crippen LogP contribution in [-0.4, -0.2) is 47.2 Å². The predicted octanol–water partition coefficient (Wildman–Crippen LogP) is 2.01. The second-order valence-corrected chi connectivity index (χ2v) is 5.46. The molecule has 0 saturated carbocycles. The summed E-state index contributed by atoms with van der Waals surface area (Å²) >= 11 is 0. The van der Waals surface area contributed by atoms with Crippen LogP contribution < -0.4 is 9.80 Å². The third kappa shape index (κ3) is 3.27. The number of carbonyl (C=O) groups is 1. The van der Waals surface area contributed by atoms with Crippen LogP contribution >= 0.6 is 0 Å². The van der Waals surface area contributed by atoms with Gasteiger partial charge in [0.2, 0.25) is 0 Å². The lowest BCUT2D eigenvalue weighted by molar-refractivity contribution is -0.385. The van der Waals surface area contributed by atoms with E-state index in [0.29, 0.717) is 0 Å². The zero-order valence-corrected chi connectivity index (χ0v) is 12.8. The highest BCUT2D eigenvalue weighted by atomic mass is 16.6. The van der Waals surface area contributed by atoms with Crippen LogP contribution in [0.2, 0.25) is 0 Å². The summed E-state index contributed by atoms with van der Waals surface area (Å²) in [5, 5.41) is 19.6. The first-order valence-electron chi connectivity index (χ1n) is 7.48. The van der Waals surface area contributed by atoms with Gasteiger partial charge in [0.25, 0.3) is 5.69 Å². The molecule has 0 radical (unpaired) electrons. The molecule has 24 heavy (non-hydrogen) atoms. The summed E-state index contributed by atoms with van der Waals surface area (Å²) in [6.45, 7) is 3.02. The van der Waals surface area contributed by atoms with E-state index in [9.17, 15) is 14.9 Å². The molecule has 8 nitrogen and oxygen atoms in total. The topological polar surface area (TPSA) is 99.8 Å². The largest absolute Gasteiger partial charge is 0.478 e. The molecule has 1 saturated heterocycles. The Kier molecular flexibility index (Phi) is 4.28. The van der Waals surface area contributed by atoms with Gasteiger partial charge >= 0.3 is 5.97 Å². The zero-order chi connectivity index (χ0) is 17.1. The van der Waals surface area contributed by atoms with Crippen molar-refractivity contribution in [3.05, 3.63) is 58.3 Å². The van der Waals surface area contributed by atoms with Crippen LogP contribution in [0.25, 0.3) is 0 Å². The highest BCUT2D eigenvalue weighted by Gasteiger charge is 2.19. The van der Waals surface area contributed by atoms with Crippen molar-refractivity contribution >= 4 is 23.2 Å². The number of benzene rings is 1. The Labute approximate surface area is 138 Å². The molecule has 1 fully saturated rings. The number of rotatable bonds is 4. The van der Waals surface area contributed by atoms with Gasteiger partial charge in [-0.1, -0.05) is 0 Å². The average Bonchev–Trinajstić information content (AvgIpc) is 2.62. The van der Waals surface area contributed by atoms with Gasteiger partial charge in [-0.15, -0.1) is 0 Å². The first-order valence-corrected chi connectivity index (χ1v) is 7.48. The second-order valence-electron chi connectivity index (χ2n) is 5.46. The van der Waals surface area contributed by atoms with E-state index >= 15 is 0 Å². The van der Waals surface area contributed by atoms with E-state index in [-0.39, 0.29) is 11.3 Å². The van der Waals surface area contributed by atoms with E-state index in [1.807, 2.05) is 12.1 Å². The molecule has 0 amide bonds. The Balaban J connectivity index is 1.62. The van der Waals surface area contributed by atoms with Crippen LogP contribution in [0.1, 0.15) is 10.4 Å². The van der Waals surface area contributed by atoms with Crippen LogP contribution in [0.15, 0.2) is 42.6 Å². The van der Waals surface area contributed by atoms with Gasteiger partial charge in [0.05, 0.1) is 10.5 Å². The SMILES string of the molecule is O=C(O)c1ccc(N2CCN(c3ccc([N+](=O)[O-])cn3)CC2)cc1. The number of nitrogens with zero attached hydrogens (tertiary/aromatic N) is 4. The molecule has 2 heterocycles. The number of nitro groups is 1. The van der Waals surface area contributed by atoms with Gasteiger partial charge in [0, 0.05) is 37.9 Å². The van der Waals surface area contributed by atoms with Crippen molar-refractivity contribution in [1.29, 1.82) is 0 Å². The van der Waals surface area contributed by atoms with Crippen LogP contribution in [0.3, 0.4) is 0 Å². The number of carboxylic acid groups (broad SMARTS) is 1. The fourth-order valence-corrected chi connectivity index (χ4v) is 2.68. The third-order valence-corrected chi connectivity index (χ3v) is 4.03. The van der Waals surface area contributed by atoms with Crippen molar-refractivity contribution in [2.45, 2.75) is 0 Å². The Morgan fingerprint density at radius 3 is 2.17 bits per heavy atom. The molecule has 0 spiro atoms. The molecule has 0 bridgehead atoms. The molecule has 0 aliphatic carbocycles. The molecule has 0 unspecified atom stereocenters. The summed E-state index contributed by atoms with van der Waals surface area (Å²) in [5.74, 6) is -0.211. The van der Waals surface area contributed by atoms with Crippen molar-refractivity contribution in [1.82, 2.24) is 4.98 Å². The number of aromatic nitrogens is 1. The lowest BCUT2D eigenvalue weighted by Gasteiger charge is -2.36. The van der Waals surface area contributed by atoms with Crippen LogP contribution in [0, 0.1) is 10.1 Å². The van der Waals surface area contributed by atoms with E-state index in [1.165, 1.54) is 12.3 Å². The molecule has 0 atom stereocenters. The van der Waals surface area contributed by atoms with Gasteiger partial charge < -0.3 is 14.9 Å². The fraction of sp³-hybridized carbons (Fsp3) is 0.250. The van der Waals surface area contributed by atoms with Gasteiger partial charge in [0.1, 0.15) is 12.0 Å². The first kappa shape index (κ1) is 15.7. The quantitative estimate of drug-likeness (QED) is 0.677. The molecule has 124 valence electrons. The van der Waals surface area contributed by atoms with Gasteiger partial charge in [-0.05, 0) is 30.3 Å². The normalized spacial score (nSPS) is 14.5. The second kappa shape index (κ2) is 6.53. The molecule has 1 aliphatic rings. The number of piperazine rings is 1. The number of hydrogen-bond acceptors (Lipinski definition) is 6. The van der Waals surface area contributed by atoms with E-state index in [1.54, 1.807) is 18.2 Å². The number of hydrogen-bond donors (Lipinski definition) is 1. The lowest BCUT2D eigenvalue weighted by Crippen LogP contribution is -2.46. The van der Waals surface area contributed by atoms with E-state index in [4.69, 9.17) is 5.11 Å². The Bertz CT molecular complexity index is 672. The van der Waals surface area contributed by atoms with Gasteiger partial charge in [-0.2, -0.15) is 0 Å². The Hall–Kier alpha value is -3.16. The van der Waals surface area contributed by atoms with Crippen molar-refractivity contribution in [3.8, 4) is 0 Å². The maximum Gasteiger partial charge on any atom is 0.335 e. The van der Waals surface area contributed by atoms with E-state index in [2.05, 4.69) is 14.8 Å². The maximum absolute atomic E-state index is 10.9. The standard InChI is InChI=1S/C16H16N4O4/c21-16(22)12-1-3-13(4-2-12)18-7-9-19(10-8-18)15-6-5-14(11-17-15)20(23)24/h1-6,11H,7-10H2,(H,21,22). The molecule has 8 heteroatoms. The zero-order valence-electron chi connectivity index (χ0n) is 12.8. The highest BCUT2D eigenvalue weighted by Crippen LogP contribution is 2.21. The molecule has 3 rings (SSSR count). The number of pyridine rings is 1. The van der Waals surface area contributed by atoms with Gasteiger partial charge in [0.15, 0.2) is 0 Å². The third-order valence-electron chi connectivity index (χ3n) is 4.03. The lowest BCUT2D eigenvalue weighted by atomic mass is 10.2. The smallest absolute Gasteiger partial charge is 0.335 e. The van der Waals surface area contributed by atoms with Crippen LogP contribution in [-0.2, 0) is 0 Å². The van der Waals surface area contributed by atoms with Crippen LogP contribution in [0.5, 0.6) is 0 Å². The summed E-state index contributed by atoms with van der Waals surface area (Å²) < 4.78 is 0. The fourth-order valence-electron chi connectivity index (χ4n) is 2.68. The molecule has 1 aliphatic heterocycles. The minimum atomic E-state index is -0.935. The monoisotopic (exact) mass is 328 g/mol. The molecular weight excluding hydrogens is 312 g/mol. The molecule has 1 N–H and O–H groups in total. The summed E-state index contributed by atoms with van der Waals surface area (Å²) in [5.41, 5.74) is 1.24. The molecule has 2 aromatic rings. The van der Waals surface area contributed by atoms with Gasteiger partial charge in [-0.3, -0.25) is 10.1 Å². The number of aromatic carboxylic acids is 1. The maximum atomic E-state index is 10.9. The summed E-state index contributed by atoms with van der Waals surface area (Å²) in [6.07, 6.45) is 1.27. The Morgan fingerprint density at radius 2 is 1.67 bits per heavy atom. The highest BCUT2D eigenvalue weighted by molar-refractivity contribution is 5.88. The minimum absolute atomic E-state index is 0.0177. The predicted molar refractivity (Wildman–Crippen MR) is 88.7 cm³/mol. The molecule has 1 aromatic carbocycles. The average molecular weight is 328 g/mol. The summed E-state index contributed by atoms with van der Waals surface area (Å²) in [6, 6.07) is 9.94. The van der Waals surface area contributed by atoms with E-state index < -0.39 is 10.9 Å². The van der Waals surface area contributed by atoms with Crippen molar-refractivity contribution in [2.24, 2.45) is 0 Å². The van der Waals surface area contributed by atoms with E-state index in [0.717, 1.165) is 37.7 Å². The first-order chi connectivity index (χ1) is 11.5. The number of anilines is 2. The summed E-state index contributed by atoms with van der Waals surface area (Å²) in [7, 11) is 0. The minimum Gasteiger partial charge on any atom is -0.478 e. The van der Waals surface area contributed by atoms with Crippen molar-refractivity contribution in [3.63, 3.8) is 0 Å².